The molecule has 1 aromatic heterocycles. The van der Waals surface area contributed by atoms with Crippen molar-refractivity contribution >= 4 is 33.9 Å². The van der Waals surface area contributed by atoms with Crippen molar-refractivity contribution in [2.75, 3.05) is 11.4 Å². The summed E-state index contributed by atoms with van der Waals surface area (Å²) in [6.45, 7) is 2.14. The molecule has 0 saturated heterocycles. The van der Waals surface area contributed by atoms with Gasteiger partial charge in [0.25, 0.3) is 5.69 Å². The molecule has 0 spiro atoms. The number of aromatic nitrogens is 1. The fraction of sp³-hybridized carbons (Fsp3) is 0.273. The molecule has 0 fully saturated rings. The average molecular weight is 494 g/mol. The number of benzene rings is 2. The Hall–Kier alpha value is -3.51. The molecule has 8 nitrogen and oxygen atoms in total. The number of hydrogen-bond donors (Lipinski definition) is 2. The molecule has 0 aliphatic rings. The second kappa shape index (κ2) is 10.6. The van der Waals surface area contributed by atoms with Gasteiger partial charge in [0.15, 0.2) is 5.13 Å². The number of nitrogens with one attached hydrogen (secondary N) is 1. The monoisotopic (exact) mass is 493 g/mol. The third-order valence-corrected chi connectivity index (χ3v) is 5.81. The molecule has 0 aliphatic heterocycles. The van der Waals surface area contributed by atoms with Gasteiger partial charge >= 0.3 is 12.2 Å². The van der Waals surface area contributed by atoms with Crippen LogP contribution < -0.4 is 16.0 Å². The van der Waals surface area contributed by atoms with Gasteiger partial charge in [-0.2, -0.15) is 13.2 Å². The molecule has 1 heterocycles. The van der Waals surface area contributed by atoms with E-state index in [0.717, 1.165) is 28.4 Å². The maximum atomic E-state index is 13.3. The zero-order valence-corrected chi connectivity index (χ0v) is 18.9. The molecule has 2 aromatic carbocycles. The first-order chi connectivity index (χ1) is 16.1. The third kappa shape index (κ3) is 6.08. The van der Waals surface area contributed by atoms with Crippen molar-refractivity contribution in [1.82, 2.24) is 10.3 Å². The average Bonchev–Trinajstić information content (AvgIpc) is 3.28. The third-order valence-electron chi connectivity index (χ3n) is 4.99. The van der Waals surface area contributed by atoms with Crippen LogP contribution >= 0.6 is 11.3 Å². The molecule has 3 aromatic rings. The van der Waals surface area contributed by atoms with Crippen molar-refractivity contribution in [3.8, 4) is 11.3 Å². The van der Waals surface area contributed by atoms with E-state index in [0.29, 0.717) is 24.1 Å². The summed E-state index contributed by atoms with van der Waals surface area (Å²) in [5, 5.41) is 15.4. The largest absolute Gasteiger partial charge is 0.416 e. The van der Waals surface area contributed by atoms with E-state index in [4.69, 9.17) is 5.73 Å². The molecule has 2 amide bonds. The predicted octanol–water partition coefficient (Wildman–Crippen LogP) is 5.71. The van der Waals surface area contributed by atoms with Gasteiger partial charge in [0.05, 0.1) is 21.9 Å². The smallest absolute Gasteiger partial charge is 0.337 e. The van der Waals surface area contributed by atoms with Crippen LogP contribution in [0.4, 0.5) is 34.5 Å². The Morgan fingerprint density at radius 3 is 2.68 bits per heavy atom. The number of carbonyl (C=O) groups is 1. The second-order valence-electron chi connectivity index (χ2n) is 7.40. The number of amides is 2. The van der Waals surface area contributed by atoms with E-state index in [1.54, 1.807) is 11.4 Å². The number of rotatable bonds is 8. The number of halogens is 3. The van der Waals surface area contributed by atoms with Crippen LogP contribution in [-0.2, 0) is 6.18 Å². The lowest BCUT2D eigenvalue weighted by Gasteiger charge is -2.22. The summed E-state index contributed by atoms with van der Waals surface area (Å²) in [5.74, 6) is 0. The first-order valence-corrected chi connectivity index (χ1v) is 11.2. The van der Waals surface area contributed by atoms with Gasteiger partial charge in [-0.1, -0.05) is 25.1 Å². The van der Waals surface area contributed by atoms with Crippen LogP contribution in [0, 0.1) is 10.1 Å². The second-order valence-corrected chi connectivity index (χ2v) is 8.23. The number of urea groups is 1. The number of thiazole rings is 1. The highest BCUT2D eigenvalue weighted by Gasteiger charge is 2.32. The Labute approximate surface area is 197 Å². The van der Waals surface area contributed by atoms with Crippen LogP contribution in [0.3, 0.4) is 0 Å². The minimum Gasteiger partial charge on any atom is -0.337 e. The molecular weight excluding hydrogens is 471 g/mol. The van der Waals surface area contributed by atoms with Crippen LogP contribution in [-0.4, -0.2) is 28.5 Å². The molecule has 1 atom stereocenters. The first kappa shape index (κ1) is 25.1. The van der Waals surface area contributed by atoms with Crippen LogP contribution in [0.1, 0.15) is 25.3 Å². The number of nitrogens with zero attached hydrogens (tertiary/aromatic N) is 3. The summed E-state index contributed by atoms with van der Waals surface area (Å²) in [4.78, 5) is 29.0. The van der Waals surface area contributed by atoms with E-state index in [2.05, 4.69) is 10.3 Å². The van der Waals surface area contributed by atoms with Crippen molar-refractivity contribution in [3.63, 3.8) is 0 Å². The lowest BCUT2D eigenvalue weighted by Crippen LogP contribution is -2.39. The Morgan fingerprint density at radius 2 is 2.00 bits per heavy atom. The van der Waals surface area contributed by atoms with Gasteiger partial charge in [0, 0.05) is 35.7 Å². The van der Waals surface area contributed by atoms with Crippen molar-refractivity contribution in [3.05, 3.63) is 69.6 Å². The van der Waals surface area contributed by atoms with Crippen molar-refractivity contribution in [2.45, 2.75) is 32.0 Å². The van der Waals surface area contributed by atoms with E-state index in [1.165, 1.54) is 30.3 Å². The predicted molar refractivity (Wildman–Crippen MR) is 124 cm³/mol. The Balaban J connectivity index is 1.97. The number of nitro benzene ring substituents is 1. The van der Waals surface area contributed by atoms with Gasteiger partial charge < -0.3 is 11.1 Å². The van der Waals surface area contributed by atoms with Crippen LogP contribution in [0.15, 0.2) is 53.9 Å². The van der Waals surface area contributed by atoms with Crippen molar-refractivity contribution in [2.24, 2.45) is 5.73 Å². The Morgan fingerprint density at radius 1 is 1.26 bits per heavy atom. The van der Waals surface area contributed by atoms with Crippen LogP contribution in [0.25, 0.3) is 11.3 Å². The minimum absolute atomic E-state index is 0.0212. The summed E-state index contributed by atoms with van der Waals surface area (Å²) in [6, 6.07) is 9.36. The summed E-state index contributed by atoms with van der Waals surface area (Å²) >= 11 is 1.03. The van der Waals surface area contributed by atoms with Crippen LogP contribution in [0.2, 0.25) is 0 Å². The molecule has 3 rings (SSSR count). The number of hydrogen-bond acceptors (Lipinski definition) is 6. The van der Waals surface area contributed by atoms with E-state index >= 15 is 0 Å². The summed E-state index contributed by atoms with van der Waals surface area (Å²) in [6.07, 6.45) is -3.38. The first-order valence-electron chi connectivity index (χ1n) is 10.3. The van der Waals surface area contributed by atoms with Crippen molar-refractivity contribution in [1.29, 1.82) is 0 Å². The van der Waals surface area contributed by atoms with E-state index in [-0.39, 0.29) is 29.1 Å². The van der Waals surface area contributed by atoms with Crippen molar-refractivity contribution < 1.29 is 22.9 Å². The number of nitrogens with two attached hydrogens (primary N) is 1. The molecule has 0 radical (unpaired) electrons. The zero-order valence-electron chi connectivity index (χ0n) is 18.1. The maximum Gasteiger partial charge on any atom is 0.416 e. The fourth-order valence-electron chi connectivity index (χ4n) is 3.06. The molecule has 0 bridgehead atoms. The van der Waals surface area contributed by atoms with Gasteiger partial charge in [-0.05, 0) is 31.0 Å². The van der Waals surface area contributed by atoms with E-state index in [9.17, 15) is 28.1 Å². The highest BCUT2D eigenvalue weighted by molar-refractivity contribution is 7.14. The lowest BCUT2D eigenvalue weighted by molar-refractivity contribution is -0.384. The van der Waals surface area contributed by atoms with E-state index in [1.807, 2.05) is 6.92 Å². The molecule has 12 heteroatoms. The summed E-state index contributed by atoms with van der Waals surface area (Å²) < 4.78 is 39.9. The molecule has 0 saturated carbocycles. The number of nitro groups is 1. The minimum atomic E-state index is -4.59. The maximum absolute atomic E-state index is 13.3. The molecule has 1 unspecified atom stereocenters. The molecule has 0 aliphatic carbocycles. The standard InChI is InChI=1S/C22H22F3N5O3S/c1-2-16(26)9-10-27-20(31)29(17-7-4-6-15(12-17)22(23,24)25)21-28-19(13-34-21)14-5-3-8-18(11-14)30(32)33/h3-8,11-13,16H,2,9-10,26H2,1H3,(H,27,31). The molecular formula is C22H22F3N5O3S. The van der Waals surface area contributed by atoms with Crippen LogP contribution in [0.5, 0.6) is 0 Å². The molecule has 180 valence electrons. The highest BCUT2D eigenvalue weighted by atomic mass is 32.1. The number of anilines is 2. The van der Waals surface area contributed by atoms with E-state index < -0.39 is 22.7 Å². The van der Waals surface area contributed by atoms with Gasteiger partial charge in [-0.25, -0.2) is 14.7 Å². The number of non-ortho nitro benzene ring substituents is 1. The van der Waals surface area contributed by atoms with Gasteiger partial charge in [-0.3, -0.25) is 10.1 Å². The van der Waals surface area contributed by atoms with Gasteiger partial charge in [0.1, 0.15) is 0 Å². The normalized spacial score (nSPS) is 12.3. The summed E-state index contributed by atoms with van der Waals surface area (Å²) in [7, 11) is 0. The zero-order chi connectivity index (χ0) is 24.9. The molecule has 3 N–H and O–H groups in total. The fourth-order valence-corrected chi connectivity index (χ4v) is 3.91. The van der Waals surface area contributed by atoms with Gasteiger partial charge in [0.2, 0.25) is 0 Å². The number of alkyl halides is 3. The SMILES string of the molecule is CCC(N)CCNC(=O)N(c1cccc(C(F)(F)F)c1)c1nc(-c2cccc([N+](=O)[O-])c2)cs1. The number of carbonyl (C=O) groups excluding carboxylic acids is 1. The summed E-state index contributed by atoms with van der Waals surface area (Å²) in [5.41, 5.74) is 5.60. The quantitative estimate of drug-likeness (QED) is 0.308. The highest BCUT2D eigenvalue weighted by Crippen LogP contribution is 2.36. The Bertz CT molecular complexity index is 1170. The molecule has 34 heavy (non-hydrogen) atoms. The topological polar surface area (TPSA) is 114 Å². The van der Waals surface area contributed by atoms with Gasteiger partial charge in [-0.15, -0.1) is 11.3 Å². The lowest BCUT2D eigenvalue weighted by atomic mass is 10.1. The Kier molecular flexibility index (Phi) is 7.84.